The highest BCUT2D eigenvalue weighted by atomic mass is 32.1. The van der Waals surface area contributed by atoms with E-state index in [9.17, 15) is 9.90 Å². The Hall–Kier alpha value is -1.07. The van der Waals surface area contributed by atoms with Crippen LogP contribution in [0.4, 0.5) is 0 Å². The number of carbonyl (C=O) groups is 1. The van der Waals surface area contributed by atoms with Crippen molar-refractivity contribution >= 4 is 17.2 Å². The molecule has 1 saturated heterocycles. The van der Waals surface area contributed by atoms with Crippen LogP contribution < -0.4 is 4.74 Å². The summed E-state index contributed by atoms with van der Waals surface area (Å²) in [5.41, 5.74) is 0. The molecular formula is C11H15NO3S. The fourth-order valence-corrected chi connectivity index (χ4v) is 2.85. The van der Waals surface area contributed by atoms with Gasteiger partial charge in [0.15, 0.2) is 0 Å². The van der Waals surface area contributed by atoms with Gasteiger partial charge in [0.1, 0.15) is 10.6 Å². The number of aliphatic hydroxyl groups excluding tert-OH is 1. The monoisotopic (exact) mass is 241 g/mol. The first-order chi connectivity index (χ1) is 7.77. The number of methoxy groups -OCH3 is 1. The van der Waals surface area contributed by atoms with Gasteiger partial charge in [-0.05, 0) is 24.3 Å². The van der Waals surface area contributed by atoms with Crippen molar-refractivity contribution in [3.8, 4) is 5.75 Å². The largest absolute Gasteiger partial charge is 0.495 e. The van der Waals surface area contributed by atoms with Gasteiger partial charge in [0.05, 0.1) is 19.8 Å². The molecule has 0 spiro atoms. The number of aliphatic hydroxyl groups is 1. The lowest BCUT2D eigenvalue weighted by Gasteiger charge is -2.22. The molecule has 2 rings (SSSR count). The van der Waals surface area contributed by atoms with Gasteiger partial charge < -0.3 is 14.7 Å². The van der Waals surface area contributed by atoms with Crippen molar-refractivity contribution < 1.29 is 14.6 Å². The lowest BCUT2D eigenvalue weighted by molar-refractivity contribution is 0.0679. The highest BCUT2D eigenvalue weighted by molar-refractivity contribution is 7.12. The molecule has 1 N–H and O–H groups in total. The van der Waals surface area contributed by atoms with Crippen LogP contribution >= 0.6 is 11.3 Å². The lowest BCUT2D eigenvalue weighted by Crippen LogP contribution is -2.37. The van der Waals surface area contributed by atoms with E-state index in [1.54, 1.807) is 18.1 Å². The summed E-state index contributed by atoms with van der Waals surface area (Å²) < 4.78 is 5.14. The van der Waals surface area contributed by atoms with Crippen molar-refractivity contribution in [1.82, 2.24) is 4.90 Å². The smallest absolute Gasteiger partial charge is 0.268 e. The van der Waals surface area contributed by atoms with Gasteiger partial charge in [-0.2, -0.15) is 0 Å². The Bertz CT molecular complexity index is 377. The zero-order valence-electron chi connectivity index (χ0n) is 9.18. The van der Waals surface area contributed by atoms with Crippen LogP contribution in [0.1, 0.15) is 22.5 Å². The van der Waals surface area contributed by atoms with Crippen molar-refractivity contribution in [3.63, 3.8) is 0 Å². The van der Waals surface area contributed by atoms with E-state index in [0.717, 1.165) is 19.4 Å². The number of ether oxygens (including phenoxy) is 1. The van der Waals surface area contributed by atoms with Crippen LogP contribution in [0.2, 0.25) is 0 Å². The molecule has 4 nitrogen and oxygen atoms in total. The molecule has 0 aromatic carbocycles. The normalized spacial score (nSPS) is 20.1. The Morgan fingerprint density at radius 3 is 3.25 bits per heavy atom. The second-order valence-corrected chi connectivity index (χ2v) is 4.71. The van der Waals surface area contributed by atoms with E-state index in [0.29, 0.717) is 10.6 Å². The molecule has 1 fully saturated rings. The van der Waals surface area contributed by atoms with Crippen LogP contribution in [0.5, 0.6) is 5.75 Å². The minimum atomic E-state index is -0.0284. The molecule has 1 unspecified atom stereocenters. The average molecular weight is 241 g/mol. The molecule has 16 heavy (non-hydrogen) atoms. The third-order valence-corrected chi connectivity index (χ3v) is 3.78. The molecule has 1 aliphatic heterocycles. The van der Waals surface area contributed by atoms with E-state index in [2.05, 4.69) is 0 Å². The molecule has 0 bridgehead atoms. The predicted octanol–water partition coefficient (Wildman–Crippen LogP) is 1.35. The second kappa shape index (κ2) is 4.84. The topological polar surface area (TPSA) is 49.8 Å². The number of hydrogen-bond acceptors (Lipinski definition) is 4. The lowest BCUT2D eigenvalue weighted by atomic mass is 10.2. The van der Waals surface area contributed by atoms with Crippen molar-refractivity contribution in [1.29, 1.82) is 0 Å². The number of likely N-dealkylation sites (tertiary alicyclic amines) is 1. The molecule has 5 heteroatoms. The molecule has 2 heterocycles. The van der Waals surface area contributed by atoms with E-state index >= 15 is 0 Å². The number of hydrogen-bond donors (Lipinski definition) is 1. The molecule has 1 amide bonds. The maximum absolute atomic E-state index is 12.2. The van der Waals surface area contributed by atoms with E-state index in [-0.39, 0.29) is 18.6 Å². The van der Waals surface area contributed by atoms with Gasteiger partial charge in [-0.25, -0.2) is 0 Å². The van der Waals surface area contributed by atoms with Gasteiger partial charge in [-0.1, -0.05) is 0 Å². The molecule has 1 atom stereocenters. The fourth-order valence-electron chi connectivity index (χ4n) is 2.04. The second-order valence-electron chi connectivity index (χ2n) is 3.80. The highest BCUT2D eigenvalue weighted by Crippen LogP contribution is 2.28. The average Bonchev–Trinajstić information content (AvgIpc) is 2.96. The molecule has 0 aliphatic carbocycles. The van der Waals surface area contributed by atoms with E-state index in [1.165, 1.54) is 11.3 Å². The minimum absolute atomic E-state index is 0.0246. The fraction of sp³-hybridized carbons (Fsp3) is 0.545. The molecular weight excluding hydrogens is 226 g/mol. The number of rotatable bonds is 3. The first kappa shape index (κ1) is 11.4. The van der Waals surface area contributed by atoms with Gasteiger partial charge in [-0.3, -0.25) is 4.79 Å². The van der Waals surface area contributed by atoms with Crippen LogP contribution in [-0.4, -0.2) is 42.2 Å². The Labute approximate surface area is 98.4 Å². The Kier molecular flexibility index (Phi) is 3.46. The summed E-state index contributed by atoms with van der Waals surface area (Å²) >= 11 is 1.38. The molecule has 0 radical (unpaired) electrons. The van der Waals surface area contributed by atoms with Crippen LogP contribution in [0.15, 0.2) is 11.4 Å². The van der Waals surface area contributed by atoms with Gasteiger partial charge in [0.25, 0.3) is 5.91 Å². The van der Waals surface area contributed by atoms with Crippen LogP contribution in [0, 0.1) is 0 Å². The molecule has 1 aromatic heterocycles. The Morgan fingerprint density at radius 2 is 2.56 bits per heavy atom. The van der Waals surface area contributed by atoms with E-state index in [4.69, 9.17) is 4.74 Å². The van der Waals surface area contributed by atoms with Crippen LogP contribution in [-0.2, 0) is 0 Å². The first-order valence-corrected chi connectivity index (χ1v) is 6.19. The first-order valence-electron chi connectivity index (χ1n) is 5.31. The standard InChI is InChI=1S/C11H15NO3S/c1-15-9-4-6-16-10(9)11(14)12-5-2-3-8(12)7-13/h4,6,8,13H,2-3,5,7H2,1H3. The number of amides is 1. The summed E-state index contributed by atoms with van der Waals surface area (Å²) in [6.07, 6.45) is 1.85. The van der Waals surface area contributed by atoms with Crippen molar-refractivity contribution in [3.05, 3.63) is 16.3 Å². The summed E-state index contributed by atoms with van der Waals surface area (Å²) in [6.45, 7) is 0.768. The summed E-state index contributed by atoms with van der Waals surface area (Å²) in [6, 6.07) is 1.77. The quantitative estimate of drug-likeness (QED) is 0.869. The van der Waals surface area contributed by atoms with Crippen LogP contribution in [0.25, 0.3) is 0 Å². The van der Waals surface area contributed by atoms with Crippen molar-refractivity contribution in [2.45, 2.75) is 18.9 Å². The zero-order chi connectivity index (χ0) is 11.5. The highest BCUT2D eigenvalue weighted by Gasteiger charge is 2.30. The summed E-state index contributed by atoms with van der Waals surface area (Å²) in [7, 11) is 1.56. The molecule has 0 saturated carbocycles. The number of thiophene rings is 1. The number of carbonyl (C=O) groups excluding carboxylic acids is 1. The van der Waals surface area contributed by atoms with Crippen molar-refractivity contribution in [2.75, 3.05) is 20.3 Å². The maximum atomic E-state index is 12.2. The van der Waals surface area contributed by atoms with Gasteiger partial charge >= 0.3 is 0 Å². The van der Waals surface area contributed by atoms with Crippen molar-refractivity contribution in [2.24, 2.45) is 0 Å². The molecule has 1 aliphatic rings. The number of nitrogens with zero attached hydrogens (tertiary/aromatic N) is 1. The van der Waals surface area contributed by atoms with Gasteiger partial charge in [0.2, 0.25) is 0 Å². The Balaban J connectivity index is 2.18. The predicted molar refractivity (Wildman–Crippen MR) is 62.0 cm³/mol. The maximum Gasteiger partial charge on any atom is 0.268 e. The zero-order valence-corrected chi connectivity index (χ0v) is 10.00. The van der Waals surface area contributed by atoms with Crippen LogP contribution in [0.3, 0.4) is 0 Å². The molecule has 1 aromatic rings. The summed E-state index contributed by atoms with van der Waals surface area (Å²) in [4.78, 5) is 14.6. The van der Waals surface area contributed by atoms with E-state index < -0.39 is 0 Å². The summed E-state index contributed by atoms with van der Waals surface area (Å²) in [5, 5.41) is 11.0. The third kappa shape index (κ3) is 1.92. The summed E-state index contributed by atoms with van der Waals surface area (Å²) in [5.74, 6) is 0.599. The third-order valence-electron chi connectivity index (χ3n) is 2.89. The molecule has 88 valence electrons. The van der Waals surface area contributed by atoms with Gasteiger partial charge in [-0.15, -0.1) is 11.3 Å². The Morgan fingerprint density at radius 1 is 1.75 bits per heavy atom. The van der Waals surface area contributed by atoms with Gasteiger partial charge in [0, 0.05) is 6.54 Å². The van der Waals surface area contributed by atoms with E-state index in [1.807, 2.05) is 5.38 Å². The SMILES string of the molecule is COc1ccsc1C(=O)N1CCCC1CO. The minimum Gasteiger partial charge on any atom is -0.495 e.